The molecular weight excluding hydrogens is 456 g/mol. The van der Waals surface area contributed by atoms with Gasteiger partial charge in [0, 0.05) is 19.1 Å². The van der Waals surface area contributed by atoms with E-state index in [0.29, 0.717) is 30.0 Å². The zero-order chi connectivity index (χ0) is 24.8. The Bertz CT molecular complexity index is 1070. The summed E-state index contributed by atoms with van der Waals surface area (Å²) in [5, 5.41) is 47.0. The van der Waals surface area contributed by atoms with E-state index < -0.39 is 37.3 Å². The van der Waals surface area contributed by atoms with E-state index in [4.69, 9.17) is 18.9 Å². The second kappa shape index (κ2) is 11.6. The van der Waals surface area contributed by atoms with Crippen LogP contribution in [0.4, 0.5) is 0 Å². The minimum absolute atomic E-state index is 0.138. The van der Waals surface area contributed by atoms with Gasteiger partial charge in [-0.15, -0.1) is 5.10 Å². The van der Waals surface area contributed by atoms with Crippen molar-refractivity contribution < 1.29 is 39.4 Å². The molecule has 5 atom stereocenters. The average molecular weight is 487 g/mol. The maximum Gasteiger partial charge on any atom is 0.238 e. The fourth-order valence-corrected chi connectivity index (χ4v) is 3.92. The van der Waals surface area contributed by atoms with Gasteiger partial charge >= 0.3 is 0 Å². The Kier molecular flexibility index (Phi) is 8.34. The number of aromatic nitrogens is 2. The number of hydrogen-bond donors (Lipinski definition) is 5. The molecule has 2 heterocycles. The van der Waals surface area contributed by atoms with Crippen molar-refractivity contribution in [2.45, 2.75) is 50.3 Å². The summed E-state index contributed by atoms with van der Waals surface area (Å²) in [4.78, 5) is 0. The molecule has 1 unspecified atom stereocenters. The number of H-pyrrole nitrogens is 1. The standard InChI is InChI=1S/C25H30N2O8/c1-32-14-18-17(11-16-9-5-6-10-19(16)33-13-15-7-3-2-4-8-15)24(27-26-18)35-25-23(31)22(30)21(29)20(12-28)34-25/h2-10,20-23,25,28-31H,11-14H2,1H3,(H,26,27)/t20-,21-,22+,23-,25?/m1/s1. The highest BCUT2D eigenvalue weighted by atomic mass is 16.7. The summed E-state index contributed by atoms with van der Waals surface area (Å²) in [5.41, 5.74) is 3.22. The SMILES string of the molecule is COCc1[nH]nc(OC2O[C@H](CO)[C@@H](O)[C@H](O)[C@H]2O)c1Cc1ccccc1OCc1ccccc1. The van der Waals surface area contributed by atoms with Crippen molar-refractivity contribution in [2.24, 2.45) is 0 Å². The largest absolute Gasteiger partial charge is 0.489 e. The molecule has 1 aromatic heterocycles. The lowest BCUT2D eigenvalue weighted by Gasteiger charge is -2.39. The second-order valence-corrected chi connectivity index (χ2v) is 8.29. The first-order chi connectivity index (χ1) is 17.0. The van der Waals surface area contributed by atoms with Gasteiger partial charge in [-0.05, 0) is 17.2 Å². The maximum atomic E-state index is 10.4. The number of para-hydroxylation sites is 1. The van der Waals surface area contributed by atoms with Gasteiger partial charge in [-0.25, -0.2) is 0 Å². The van der Waals surface area contributed by atoms with Crippen LogP contribution in [0.1, 0.15) is 22.4 Å². The van der Waals surface area contributed by atoms with E-state index in [1.54, 1.807) is 7.11 Å². The number of nitrogens with zero attached hydrogens (tertiary/aromatic N) is 1. The van der Waals surface area contributed by atoms with Gasteiger partial charge in [0.05, 0.1) is 18.9 Å². The average Bonchev–Trinajstić information content (AvgIpc) is 3.25. The smallest absolute Gasteiger partial charge is 0.238 e. The van der Waals surface area contributed by atoms with E-state index >= 15 is 0 Å². The number of methoxy groups -OCH3 is 1. The van der Waals surface area contributed by atoms with Gasteiger partial charge < -0.3 is 39.4 Å². The molecule has 10 nitrogen and oxygen atoms in total. The van der Waals surface area contributed by atoms with Crippen LogP contribution in [-0.2, 0) is 29.1 Å². The molecule has 0 saturated carbocycles. The molecule has 188 valence electrons. The van der Waals surface area contributed by atoms with Crippen LogP contribution in [0.15, 0.2) is 54.6 Å². The van der Waals surface area contributed by atoms with Crippen molar-refractivity contribution in [3.63, 3.8) is 0 Å². The molecule has 0 aliphatic carbocycles. The molecule has 0 spiro atoms. The lowest BCUT2D eigenvalue weighted by molar-refractivity contribution is -0.278. The first kappa shape index (κ1) is 25.1. The molecule has 2 aromatic carbocycles. The summed E-state index contributed by atoms with van der Waals surface area (Å²) in [7, 11) is 1.56. The molecule has 0 bridgehead atoms. The van der Waals surface area contributed by atoms with Crippen LogP contribution in [0, 0.1) is 0 Å². The molecule has 1 aliphatic heterocycles. The molecular formula is C25H30N2O8. The molecule has 1 fully saturated rings. The topological polar surface area (TPSA) is 147 Å². The van der Waals surface area contributed by atoms with Crippen LogP contribution in [0.3, 0.4) is 0 Å². The third kappa shape index (κ3) is 5.81. The third-order valence-corrected chi connectivity index (χ3v) is 5.86. The fraction of sp³-hybridized carbons (Fsp3) is 0.400. The Hall–Kier alpha value is -2.99. The van der Waals surface area contributed by atoms with Crippen molar-refractivity contribution in [2.75, 3.05) is 13.7 Å². The van der Waals surface area contributed by atoms with Crippen molar-refractivity contribution in [3.05, 3.63) is 77.0 Å². The van der Waals surface area contributed by atoms with E-state index in [1.807, 2.05) is 54.6 Å². The quantitative estimate of drug-likeness (QED) is 0.282. The van der Waals surface area contributed by atoms with Crippen LogP contribution >= 0.6 is 0 Å². The maximum absolute atomic E-state index is 10.4. The van der Waals surface area contributed by atoms with Crippen LogP contribution in [0.5, 0.6) is 11.6 Å². The first-order valence-corrected chi connectivity index (χ1v) is 11.3. The Morgan fingerprint density at radius 2 is 1.69 bits per heavy atom. The van der Waals surface area contributed by atoms with Gasteiger partial charge in [0.15, 0.2) is 0 Å². The summed E-state index contributed by atoms with van der Waals surface area (Å²) in [6, 6.07) is 17.4. The zero-order valence-electron chi connectivity index (χ0n) is 19.3. The van der Waals surface area contributed by atoms with Crippen LogP contribution in [0.25, 0.3) is 0 Å². The minimum atomic E-state index is -1.56. The van der Waals surface area contributed by atoms with E-state index in [2.05, 4.69) is 10.2 Å². The number of aliphatic hydroxyl groups is 4. The number of benzene rings is 2. The van der Waals surface area contributed by atoms with Gasteiger partial charge in [-0.2, -0.15) is 0 Å². The van der Waals surface area contributed by atoms with Gasteiger partial charge in [0.2, 0.25) is 12.2 Å². The van der Waals surface area contributed by atoms with E-state index in [0.717, 1.165) is 11.1 Å². The van der Waals surface area contributed by atoms with E-state index in [-0.39, 0.29) is 12.5 Å². The lowest BCUT2D eigenvalue weighted by Crippen LogP contribution is -2.60. The minimum Gasteiger partial charge on any atom is -0.489 e. The fourth-order valence-electron chi connectivity index (χ4n) is 3.92. The monoisotopic (exact) mass is 486 g/mol. The first-order valence-electron chi connectivity index (χ1n) is 11.3. The van der Waals surface area contributed by atoms with E-state index in [1.165, 1.54) is 0 Å². The number of ether oxygens (including phenoxy) is 4. The molecule has 1 saturated heterocycles. The van der Waals surface area contributed by atoms with Crippen molar-refractivity contribution in [3.8, 4) is 11.6 Å². The van der Waals surface area contributed by atoms with Gasteiger partial charge in [-0.3, -0.25) is 5.10 Å². The predicted octanol–water partition coefficient (Wildman–Crippen LogP) is 0.905. The summed E-state index contributed by atoms with van der Waals surface area (Å²) < 4.78 is 22.7. The van der Waals surface area contributed by atoms with Gasteiger partial charge in [-0.1, -0.05) is 48.5 Å². The molecule has 0 radical (unpaired) electrons. The van der Waals surface area contributed by atoms with E-state index in [9.17, 15) is 20.4 Å². The summed E-state index contributed by atoms with van der Waals surface area (Å²) in [6.07, 6.45) is -6.67. The Morgan fingerprint density at radius 1 is 0.943 bits per heavy atom. The highest BCUT2D eigenvalue weighted by molar-refractivity contribution is 5.42. The Labute approximate surface area is 202 Å². The van der Waals surface area contributed by atoms with Crippen molar-refractivity contribution >= 4 is 0 Å². The van der Waals surface area contributed by atoms with Gasteiger partial charge in [0.25, 0.3) is 0 Å². The number of aromatic amines is 1. The molecule has 35 heavy (non-hydrogen) atoms. The highest BCUT2D eigenvalue weighted by Gasteiger charge is 2.45. The van der Waals surface area contributed by atoms with Crippen LogP contribution in [-0.4, -0.2) is 75.0 Å². The molecule has 1 aliphatic rings. The van der Waals surface area contributed by atoms with Crippen LogP contribution < -0.4 is 9.47 Å². The molecule has 3 aromatic rings. The summed E-state index contributed by atoms with van der Waals surface area (Å²) in [6.45, 7) is 0.0785. The lowest BCUT2D eigenvalue weighted by atomic mass is 9.99. The molecule has 4 rings (SSSR count). The normalized spacial score (nSPS) is 24.3. The highest BCUT2D eigenvalue weighted by Crippen LogP contribution is 2.31. The number of rotatable bonds is 10. The number of nitrogens with one attached hydrogen (secondary N) is 1. The Morgan fingerprint density at radius 3 is 2.43 bits per heavy atom. The third-order valence-electron chi connectivity index (χ3n) is 5.86. The molecule has 0 amide bonds. The zero-order valence-corrected chi connectivity index (χ0v) is 19.3. The van der Waals surface area contributed by atoms with Gasteiger partial charge in [0.1, 0.15) is 36.8 Å². The van der Waals surface area contributed by atoms with Crippen LogP contribution in [0.2, 0.25) is 0 Å². The number of aliphatic hydroxyl groups excluding tert-OH is 4. The predicted molar refractivity (Wildman–Crippen MR) is 124 cm³/mol. The van der Waals surface area contributed by atoms with Crippen molar-refractivity contribution in [1.29, 1.82) is 0 Å². The Balaban J connectivity index is 1.56. The number of hydrogen-bond acceptors (Lipinski definition) is 9. The van der Waals surface area contributed by atoms with Crippen molar-refractivity contribution in [1.82, 2.24) is 10.2 Å². The summed E-state index contributed by atoms with van der Waals surface area (Å²) >= 11 is 0. The second-order valence-electron chi connectivity index (χ2n) is 8.29. The molecule has 10 heteroatoms. The summed E-state index contributed by atoms with van der Waals surface area (Å²) in [5.74, 6) is 0.832. The molecule has 5 N–H and O–H groups in total.